The summed E-state index contributed by atoms with van der Waals surface area (Å²) in [6, 6.07) is 0.365. The molecule has 0 aromatic rings. The van der Waals surface area contributed by atoms with E-state index in [4.69, 9.17) is 5.73 Å². The standard InChI is InChI=1S/C14H28N2O2/c1-8-4-3-5-11(17)14(8)16-10-6-9(2)13(15)12(18)7-10/h8-14,16-18H,3-7,15H2,1-2H3. The van der Waals surface area contributed by atoms with E-state index in [1.807, 2.05) is 0 Å². The lowest BCUT2D eigenvalue weighted by Gasteiger charge is -2.41. The third kappa shape index (κ3) is 3.05. The van der Waals surface area contributed by atoms with E-state index >= 15 is 0 Å². The molecule has 0 radical (unpaired) electrons. The molecule has 2 aliphatic carbocycles. The number of aliphatic hydroxyl groups excluding tert-OH is 2. The van der Waals surface area contributed by atoms with Gasteiger partial charge in [0.1, 0.15) is 0 Å². The Kier molecular flexibility index (Phi) is 4.64. The largest absolute Gasteiger partial charge is 0.391 e. The second kappa shape index (κ2) is 5.87. The Labute approximate surface area is 110 Å². The van der Waals surface area contributed by atoms with Crippen molar-refractivity contribution < 1.29 is 10.2 Å². The Bertz CT molecular complexity index is 253. The van der Waals surface area contributed by atoms with E-state index in [9.17, 15) is 10.2 Å². The van der Waals surface area contributed by atoms with Crippen LogP contribution in [0.3, 0.4) is 0 Å². The highest BCUT2D eigenvalue weighted by Crippen LogP contribution is 2.28. The Morgan fingerprint density at radius 1 is 1.00 bits per heavy atom. The van der Waals surface area contributed by atoms with Crippen LogP contribution in [0.2, 0.25) is 0 Å². The molecule has 0 aromatic carbocycles. The molecule has 7 unspecified atom stereocenters. The Hall–Kier alpha value is -0.160. The van der Waals surface area contributed by atoms with Crippen LogP contribution in [0.1, 0.15) is 46.0 Å². The summed E-state index contributed by atoms with van der Waals surface area (Å²) in [5, 5.41) is 23.6. The van der Waals surface area contributed by atoms with Gasteiger partial charge in [0, 0.05) is 18.1 Å². The van der Waals surface area contributed by atoms with Gasteiger partial charge in [0.05, 0.1) is 12.2 Å². The molecule has 106 valence electrons. The number of rotatable bonds is 2. The first-order valence-electron chi connectivity index (χ1n) is 7.36. The van der Waals surface area contributed by atoms with Gasteiger partial charge in [-0.05, 0) is 37.5 Å². The molecule has 7 atom stereocenters. The fraction of sp³-hybridized carbons (Fsp3) is 1.00. The summed E-state index contributed by atoms with van der Waals surface area (Å²) >= 11 is 0. The maximum atomic E-state index is 10.1. The summed E-state index contributed by atoms with van der Waals surface area (Å²) < 4.78 is 0. The molecule has 2 saturated carbocycles. The van der Waals surface area contributed by atoms with Crippen LogP contribution in [-0.4, -0.2) is 40.5 Å². The highest BCUT2D eigenvalue weighted by molar-refractivity contribution is 4.94. The van der Waals surface area contributed by atoms with Crippen molar-refractivity contribution in [3.8, 4) is 0 Å². The highest BCUT2D eigenvalue weighted by atomic mass is 16.3. The van der Waals surface area contributed by atoms with E-state index in [1.54, 1.807) is 0 Å². The van der Waals surface area contributed by atoms with E-state index < -0.39 is 6.10 Å². The minimum Gasteiger partial charge on any atom is -0.391 e. The normalized spacial score (nSPS) is 50.2. The Morgan fingerprint density at radius 3 is 2.33 bits per heavy atom. The molecular weight excluding hydrogens is 228 g/mol. The van der Waals surface area contributed by atoms with Crippen LogP contribution in [0.15, 0.2) is 0 Å². The van der Waals surface area contributed by atoms with Crippen LogP contribution in [0.25, 0.3) is 0 Å². The van der Waals surface area contributed by atoms with Crippen molar-refractivity contribution in [1.29, 1.82) is 0 Å². The monoisotopic (exact) mass is 256 g/mol. The summed E-state index contributed by atoms with van der Waals surface area (Å²) in [6.07, 6.45) is 4.25. The minimum atomic E-state index is -0.415. The molecule has 5 N–H and O–H groups in total. The Morgan fingerprint density at radius 2 is 1.72 bits per heavy atom. The van der Waals surface area contributed by atoms with Crippen LogP contribution < -0.4 is 11.1 Å². The topological polar surface area (TPSA) is 78.5 Å². The van der Waals surface area contributed by atoms with Crippen LogP contribution in [0.4, 0.5) is 0 Å². The van der Waals surface area contributed by atoms with Crippen LogP contribution in [0.5, 0.6) is 0 Å². The molecule has 18 heavy (non-hydrogen) atoms. The number of aliphatic hydroxyl groups is 2. The third-order valence-corrected chi connectivity index (χ3v) is 4.90. The summed E-state index contributed by atoms with van der Waals surface area (Å²) in [4.78, 5) is 0. The molecule has 0 aromatic heterocycles. The van der Waals surface area contributed by atoms with Crippen molar-refractivity contribution in [1.82, 2.24) is 5.32 Å². The second-order valence-electron chi connectivity index (χ2n) is 6.46. The average molecular weight is 256 g/mol. The van der Waals surface area contributed by atoms with E-state index in [1.165, 1.54) is 6.42 Å². The quantitative estimate of drug-likeness (QED) is 0.584. The molecule has 0 heterocycles. The fourth-order valence-corrected chi connectivity index (χ4v) is 3.60. The van der Waals surface area contributed by atoms with Crippen LogP contribution in [-0.2, 0) is 0 Å². The zero-order valence-electron chi connectivity index (χ0n) is 11.5. The van der Waals surface area contributed by atoms with Gasteiger partial charge in [-0.25, -0.2) is 0 Å². The molecule has 2 rings (SSSR count). The number of hydrogen-bond donors (Lipinski definition) is 4. The fourth-order valence-electron chi connectivity index (χ4n) is 3.60. The molecular formula is C14H28N2O2. The number of hydrogen-bond acceptors (Lipinski definition) is 4. The van der Waals surface area contributed by atoms with Gasteiger partial charge in [-0.2, -0.15) is 0 Å². The van der Waals surface area contributed by atoms with Crippen LogP contribution >= 0.6 is 0 Å². The molecule has 0 spiro atoms. The highest BCUT2D eigenvalue weighted by Gasteiger charge is 2.36. The SMILES string of the molecule is CC1CC(NC2C(C)CCCC2O)CC(O)C1N. The molecule has 2 aliphatic rings. The van der Waals surface area contributed by atoms with E-state index in [0.29, 0.717) is 18.3 Å². The number of nitrogens with two attached hydrogens (primary N) is 1. The van der Waals surface area contributed by atoms with Crippen molar-refractivity contribution in [2.75, 3.05) is 0 Å². The maximum absolute atomic E-state index is 10.1. The molecule has 2 fully saturated rings. The summed E-state index contributed by atoms with van der Waals surface area (Å²) in [6.45, 7) is 4.30. The van der Waals surface area contributed by atoms with Gasteiger partial charge in [0.2, 0.25) is 0 Å². The zero-order valence-corrected chi connectivity index (χ0v) is 11.5. The van der Waals surface area contributed by atoms with Gasteiger partial charge in [0.15, 0.2) is 0 Å². The minimum absolute atomic E-state index is 0.100. The molecule has 4 heteroatoms. The zero-order chi connectivity index (χ0) is 13.3. The first-order valence-corrected chi connectivity index (χ1v) is 7.36. The lowest BCUT2D eigenvalue weighted by atomic mass is 9.78. The van der Waals surface area contributed by atoms with Gasteiger partial charge in [-0.1, -0.05) is 20.3 Å². The van der Waals surface area contributed by atoms with Crippen molar-refractivity contribution in [2.24, 2.45) is 17.6 Å². The van der Waals surface area contributed by atoms with Crippen molar-refractivity contribution in [3.63, 3.8) is 0 Å². The second-order valence-corrected chi connectivity index (χ2v) is 6.46. The predicted molar refractivity (Wildman–Crippen MR) is 72.1 cm³/mol. The van der Waals surface area contributed by atoms with Gasteiger partial charge in [-0.3, -0.25) is 0 Å². The molecule has 4 nitrogen and oxygen atoms in total. The lowest BCUT2D eigenvalue weighted by Crippen LogP contribution is -2.56. The van der Waals surface area contributed by atoms with Crippen LogP contribution in [0, 0.1) is 11.8 Å². The van der Waals surface area contributed by atoms with Gasteiger partial charge in [0.25, 0.3) is 0 Å². The van der Waals surface area contributed by atoms with E-state index in [-0.39, 0.29) is 24.2 Å². The van der Waals surface area contributed by atoms with Crippen molar-refractivity contribution in [3.05, 3.63) is 0 Å². The average Bonchev–Trinajstić information content (AvgIpc) is 2.31. The molecule has 0 bridgehead atoms. The van der Waals surface area contributed by atoms with Gasteiger partial charge < -0.3 is 21.3 Å². The summed E-state index contributed by atoms with van der Waals surface area (Å²) in [5.41, 5.74) is 5.94. The lowest BCUT2D eigenvalue weighted by molar-refractivity contribution is 0.0266. The van der Waals surface area contributed by atoms with Gasteiger partial charge >= 0.3 is 0 Å². The Balaban J connectivity index is 1.92. The summed E-state index contributed by atoms with van der Waals surface area (Å²) in [5.74, 6) is 0.846. The third-order valence-electron chi connectivity index (χ3n) is 4.90. The first-order chi connectivity index (χ1) is 8.49. The van der Waals surface area contributed by atoms with Crippen molar-refractivity contribution >= 4 is 0 Å². The van der Waals surface area contributed by atoms with Crippen molar-refractivity contribution in [2.45, 2.75) is 76.3 Å². The summed E-state index contributed by atoms with van der Waals surface area (Å²) in [7, 11) is 0. The number of nitrogens with one attached hydrogen (secondary N) is 1. The van der Waals surface area contributed by atoms with E-state index in [2.05, 4.69) is 19.2 Å². The molecule has 0 aliphatic heterocycles. The van der Waals surface area contributed by atoms with E-state index in [0.717, 1.165) is 19.3 Å². The molecule has 0 amide bonds. The smallest absolute Gasteiger partial charge is 0.0708 e. The maximum Gasteiger partial charge on any atom is 0.0708 e. The van der Waals surface area contributed by atoms with Gasteiger partial charge in [-0.15, -0.1) is 0 Å². The molecule has 0 saturated heterocycles. The first kappa shape index (κ1) is 14.3. The predicted octanol–water partition coefficient (Wildman–Crippen LogP) is 0.612.